The van der Waals surface area contributed by atoms with Crippen molar-refractivity contribution in [3.05, 3.63) is 94.8 Å². The van der Waals surface area contributed by atoms with Crippen LogP contribution in [0.15, 0.2) is 83.7 Å². The van der Waals surface area contributed by atoms with Gasteiger partial charge in [-0.1, -0.05) is 36.4 Å². The van der Waals surface area contributed by atoms with Gasteiger partial charge in [0.1, 0.15) is 11.3 Å². The molecule has 8 heteroatoms. The summed E-state index contributed by atoms with van der Waals surface area (Å²) in [7, 11) is 1.79. The van der Waals surface area contributed by atoms with Crippen LogP contribution in [0.4, 0.5) is 24.5 Å². The van der Waals surface area contributed by atoms with Gasteiger partial charge >= 0.3 is 6.18 Å². The summed E-state index contributed by atoms with van der Waals surface area (Å²) in [6.07, 6.45) is -5.31. The van der Waals surface area contributed by atoms with Crippen molar-refractivity contribution >= 4 is 28.1 Å². The Morgan fingerprint density at radius 3 is 2.09 bits per heavy atom. The van der Waals surface area contributed by atoms with Crippen LogP contribution in [0.2, 0.25) is 0 Å². The van der Waals surface area contributed by atoms with Crippen molar-refractivity contribution in [1.29, 1.82) is 0 Å². The number of benzene rings is 3. The predicted molar refractivity (Wildman–Crippen MR) is 116 cm³/mol. The maximum absolute atomic E-state index is 13.2. The zero-order valence-corrected chi connectivity index (χ0v) is 16.8. The maximum atomic E-state index is 13.2. The largest absolute Gasteiger partial charge is 0.506 e. The summed E-state index contributed by atoms with van der Waals surface area (Å²) < 4.78 is 40.5. The van der Waals surface area contributed by atoms with Gasteiger partial charge in [0, 0.05) is 29.5 Å². The smallest absolute Gasteiger partial charge is 0.455 e. The van der Waals surface area contributed by atoms with Gasteiger partial charge in [-0.05, 0) is 42.5 Å². The first-order valence-electron chi connectivity index (χ1n) is 9.57. The lowest BCUT2D eigenvalue weighted by Crippen LogP contribution is -2.33. The topological polar surface area (TPSA) is 62.5 Å². The summed E-state index contributed by atoms with van der Waals surface area (Å²) in [6, 6.07) is 21.9. The average molecular weight is 438 g/mol. The monoisotopic (exact) mass is 438 g/mol. The van der Waals surface area contributed by atoms with E-state index < -0.39 is 28.8 Å². The van der Waals surface area contributed by atoms with E-state index in [0.717, 1.165) is 10.3 Å². The molecule has 0 bridgehead atoms. The Morgan fingerprint density at radius 1 is 0.906 bits per heavy atom. The molecule has 0 aliphatic heterocycles. The zero-order chi connectivity index (χ0) is 23.0. The van der Waals surface area contributed by atoms with Crippen LogP contribution < -0.4 is 10.5 Å². The highest BCUT2D eigenvalue weighted by atomic mass is 19.4. The van der Waals surface area contributed by atoms with Crippen molar-refractivity contribution in [1.82, 2.24) is 4.57 Å². The third kappa shape index (κ3) is 3.60. The number of pyridine rings is 1. The molecule has 4 rings (SSSR count). The highest BCUT2D eigenvalue weighted by Crippen LogP contribution is 2.35. The Balaban J connectivity index is 2.05. The van der Waals surface area contributed by atoms with Gasteiger partial charge in [0.15, 0.2) is 0 Å². The molecule has 1 aromatic heterocycles. The third-order valence-corrected chi connectivity index (χ3v) is 5.16. The van der Waals surface area contributed by atoms with Gasteiger partial charge in [0.05, 0.1) is 5.52 Å². The number of carbonyl (C=O) groups excluding carboxylic acids is 1. The summed E-state index contributed by atoms with van der Waals surface area (Å²) in [4.78, 5) is 26.9. The average Bonchev–Trinajstić information content (AvgIpc) is 2.79. The van der Waals surface area contributed by atoms with Crippen LogP contribution in [-0.4, -0.2) is 28.7 Å². The standard InChI is InChI=1S/C24H17F3N2O3/c1-28(15-8-4-2-5-9-15)17-12-13-18-19(14-17)29(16-10-6-3-7-11-16)23(32)20(21(18)30)22(31)24(25,26)27/h2-14,30H,1H3. The second-order valence-electron chi connectivity index (χ2n) is 7.12. The molecule has 0 aliphatic rings. The van der Waals surface area contributed by atoms with Crippen LogP contribution in [-0.2, 0) is 0 Å². The number of aromatic hydroxyl groups is 1. The fraction of sp³-hybridized carbons (Fsp3) is 0.0833. The number of Topliss-reactive ketones (excluding diaryl/α,β-unsaturated/α-hetero) is 1. The van der Waals surface area contributed by atoms with Crippen molar-refractivity contribution < 1.29 is 23.1 Å². The molecule has 0 spiro atoms. The minimum Gasteiger partial charge on any atom is -0.506 e. The normalized spacial score (nSPS) is 11.5. The fourth-order valence-electron chi connectivity index (χ4n) is 3.55. The molecule has 0 amide bonds. The summed E-state index contributed by atoms with van der Waals surface area (Å²) >= 11 is 0. The number of anilines is 2. The van der Waals surface area contributed by atoms with Crippen LogP contribution in [0, 0.1) is 0 Å². The van der Waals surface area contributed by atoms with E-state index in [-0.39, 0.29) is 16.6 Å². The molecule has 1 heterocycles. The number of halogens is 3. The maximum Gasteiger partial charge on any atom is 0.455 e. The number of rotatable bonds is 4. The summed E-state index contributed by atoms with van der Waals surface area (Å²) in [6.45, 7) is 0. The molecular formula is C24H17F3N2O3. The van der Waals surface area contributed by atoms with E-state index in [4.69, 9.17) is 0 Å². The minimum absolute atomic E-state index is 0.0498. The first-order valence-corrected chi connectivity index (χ1v) is 9.57. The minimum atomic E-state index is -5.31. The molecule has 0 fully saturated rings. The number of aromatic nitrogens is 1. The summed E-state index contributed by atoms with van der Waals surface area (Å²) in [5.74, 6) is -3.38. The van der Waals surface area contributed by atoms with Crippen molar-refractivity contribution in [2.75, 3.05) is 11.9 Å². The highest BCUT2D eigenvalue weighted by molar-refractivity contribution is 6.07. The molecule has 0 saturated carbocycles. The zero-order valence-electron chi connectivity index (χ0n) is 16.8. The molecule has 1 N–H and O–H groups in total. The quantitative estimate of drug-likeness (QED) is 0.445. The molecule has 0 aliphatic carbocycles. The number of para-hydroxylation sites is 2. The lowest BCUT2D eigenvalue weighted by molar-refractivity contribution is -0.0887. The Kier molecular flexibility index (Phi) is 5.22. The molecule has 32 heavy (non-hydrogen) atoms. The van der Waals surface area contributed by atoms with Crippen LogP contribution in [0.5, 0.6) is 5.75 Å². The molecular weight excluding hydrogens is 421 g/mol. The van der Waals surface area contributed by atoms with E-state index in [2.05, 4.69) is 0 Å². The van der Waals surface area contributed by atoms with Crippen molar-refractivity contribution in [2.45, 2.75) is 6.18 Å². The van der Waals surface area contributed by atoms with E-state index in [1.807, 2.05) is 35.2 Å². The number of alkyl halides is 3. The summed E-state index contributed by atoms with van der Waals surface area (Å²) in [5.41, 5.74) is -0.660. The molecule has 3 aromatic carbocycles. The van der Waals surface area contributed by atoms with E-state index >= 15 is 0 Å². The van der Waals surface area contributed by atoms with Gasteiger partial charge in [0.2, 0.25) is 0 Å². The first-order chi connectivity index (χ1) is 15.2. The first kappa shape index (κ1) is 21.2. The van der Waals surface area contributed by atoms with Crippen molar-refractivity contribution in [3.8, 4) is 11.4 Å². The lowest BCUT2D eigenvalue weighted by atomic mass is 10.0. The third-order valence-electron chi connectivity index (χ3n) is 5.16. The SMILES string of the molecule is CN(c1ccccc1)c1ccc2c(O)c(C(=O)C(F)(F)F)c(=O)n(-c3ccccc3)c2c1. The Morgan fingerprint density at radius 2 is 1.50 bits per heavy atom. The predicted octanol–water partition coefficient (Wildman–Crippen LogP) is 5.21. The van der Waals surface area contributed by atoms with Gasteiger partial charge in [-0.15, -0.1) is 0 Å². The van der Waals surface area contributed by atoms with Crippen molar-refractivity contribution in [2.24, 2.45) is 0 Å². The van der Waals surface area contributed by atoms with E-state index in [1.54, 1.807) is 37.4 Å². The molecule has 5 nitrogen and oxygen atoms in total. The van der Waals surface area contributed by atoms with Crippen LogP contribution in [0.1, 0.15) is 10.4 Å². The Bertz CT molecular complexity index is 1360. The van der Waals surface area contributed by atoms with E-state index in [1.165, 1.54) is 18.2 Å². The molecule has 4 aromatic rings. The number of nitrogens with zero attached hydrogens (tertiary/aromatic N) is 2. The van der Waals surface area contributed by atoms with Gasteiger partial charge in [-0.25, -0.2) is 0 Å². The lowest BCUT2D eigenvalue weighted by Gasteiger charge is -2.22. The number of hydrogen-bond acceptors (Lipinski definition) is 4. The molecule has 162 valence electrons. The van der Waals surface area contributed by atoms with Crippen molar-refractivity contribution in [3.63, 3.8) is 0 Å². The highest BCUT2D eigenvalue weighted by Gasteiger charge is 2.43. The van der Waals surface area contributed by atoms with Gasteiger partial charge in [-0.2, -0.15) is 13.2 Å². The number of hydrogen-bond donors (Lipinski definition) is 1. The molecule has 0 radical (unpaired) electrons. The number of ketones is 1. The van der Waals surface area contributed by atoms with Crippen LogP contribution in [0.3, 0.4) is 0 Å². The fourth-order valence-corrected chi connectivity index (χ4v) is 3.55. The van der Waals surface area contributed by atoms with Crippen LogP contribution >= 0.6 is 0 Å². The van der Waals surface area contributed by atoms with Gasteiger partial charge < -0.3 is 10.0 Å². The second-order valence-corrected chi connectivity index (χ2v) is 7.12. The number of carbonyl (C=O) groups is 1. The molecule has 0 atom stereocenters. The van der Waals surface area contributed by atoms with E-state index in [0.29, 0.717) is 5.69 Å². The Labute approximate surface area is 180 Å². The van der Waals surface area contributed by atoms with Gasteiger partial charge in [-0.3, -0.25) is 14.2 Å². The molecule has 0 unspecified atom stereocenters. The molecule has 0 saturated heterocycles. The number of fused-ring (bicyclic) bond motifs is 1. The van der Waals surface area contributed by atoms with Crippen LogP contribution in [0.25, 0.3) is 16.6 Å². The van der Waals surface area contributed by atoms with E-state index in [9.17, 15) is 27.9 Å². The second kappa shape index (κ2) is 7.88. The van der Waals surface area contributed by atoms with Gasteiger partial charge in [0.25, 0.3) is 11.3 Å². The summed E-state index contributed by atoms with van der Waals surface area (Å²) in [5, 5.41) is 10.5. The Hall–Kier alpha value is -4.07.